The molecule has 0 bridgehead atoms. The average Bonchev–Trinajstić information content (AvgIpc) is 2.71. The number of halogens is 4. The molecule has 0 N–H and O–H groups in total. The van der Waals surface area contributed by atoms with Gasteiger partial charge in [0.25, 0.3) is 0 Å². The number of hydrogen-bond donors (Lipinski definition) is 0. The zero-order valence-corrected chi connectivity index (χ0v) is 14.3. The summed E-state index contributed by atoms with van der Waals surface area (Å²) in [6, 6.07) is 2.79. The second-order valence-corrected chi connectivity index (χ2v) is 6.70. The number of alkyl halides is 2. The summed E-state index contributed by atoms with van der Waals surface area (Å²) in [6.45, 7) is 3.15. The van der Waals surface area contributed by atoms with Crippen LogP contribution in [0.25, 0.3) is 0 Å². The highest BCUT2D eigenvalue weighted by atomic mass is 19.2. The van der Waals surface area contributed by atoms with E-state index < -0.39 is 43.0 Å². The largest absolute Gasteiger partial charge is 0.366 e. The standard InChI is InChI=1S/C21H24F4O/c1-2-13-3-6-15(7-4-13)16-10-19(24)21(25)20(11-16)26-12-14-5-8-17(22)18(23)9-14/h2,5,8-9,11,13,15,19-21H,1,3-4,6-7,10,12H2/i10D,19D,20D,21D. The first-order valence-electron chi connectivity index (χ1n) is 10.7. The van der Waals surface area contributed by atoms with Crippen LogP contribution < -0.4 is 0 Å². The molecule has 0 amide bonds. The molecule has 1 aromatic rings. The fourth-order valence-corrected chi connectivity index (χ4v) is 3.40. The normalized spacial score (nSPS) is 45.7. The van der Waals surface area contributed by atoms with E-state index in [2.05, 4.69) is 6.58 Å². The summed E-state index contributed by atoms with van der Waals surface area (Å²) in [6.07, 6.45) is -7.22. The maximum atomic E-state index is 15.1. The summed E-state index contributed by atoms with van der Waals surface area (Å²) in [5.41, 5.74) is 0.121. The molecule has 4 atom stereocenters. The minimum absolute atomic E-state index is 0.0557. The number of allylic oxidation sites excluding steroid dienone is 2. The van der Waals surface area contributed by atoms with Crippen molar-refractivity contribution in [2.75, 3.05) is 0 Å². The van der Waals surface area contributed by atoms with Gasteiger partial charge in [-0.3, -0.25) is 0 Å². The van der Waals surface area contributed by atoms with E-state index in [0.29, 0.717) is 12.8 Å². The SMILES string of the molecule is [2H]C1C(C2CCC(C=C)CC2)=CC([2H])(OCc2ccc(F)c(F)c2)C([2H])(F)C1([2H])F. The van der Waals surface area contributed by atoms with Crippen molar-refractivity contribution in [2.45, 2.75) is 57.1 Å². The molecule has 1 saturated carbocycles. The Morgan fingerprint density at radius 3 is 2.58 bits per heavy atom. The van der Waals surface area contributed by atoms with Crippen LogP contribution in [0.15, 0.2) is 42.5 Å². The highest BCUT2D eigenvalue weighted by Crippen LogP contribution is 2.39. The van der Waals surface area contributed by atoms with Crippen molar-refractivity contribution in [1.82, 2.24) is 0 Å². The highest BCUT2D eigenvalue weighted by Gasteiger charge is 2.37. The van der Waals surface area contributed by atoms with Gasteiger partial charge in [0.2, 0.25) is 0 Å². The Kier molecular flexibility index (Phi) is 4.65. The van der Waals surface area contributed by atoms with E-state index in [4.69, 9.17) is 10.2 Å². The molecule has 2 aliphatic rings. The fourth-order valence-electron chi connectivity index (χ4n) is 3.40. The zero-order valence-electron chi connectivity index (χ0n) is 18.3. The fraction of sp³-hybridized carbons (Fsp3) is 0.524. The molecule has 3 rings (SSSR count). The van der Waals surface area contributed by atoms with Crippen LogP contribution in [0.2, 0.25) is 0 Å². The quantitative estimate of drug-likeness (QED) is 0.465. The number of rotatable bonds is 5. The van der Waals surface area contributed by atoms with E-state index in [1.165, 1.54) is 0 Å². The molecule has 1 fully saturated rings. The Hall–Kier alpha value is -1.62. The van der Waals surface area contributed by atoms with Gasteiger partial charge in [0, 0.05) is 7.77 Å². The minimum Gasteiger partial charge on any atom is -0.366 e. The first-order chi connectivity index (χ1) is 13.9. The molecule has 0 saturated heterocycles. The first kappa shape index (κ1) is 14.4. The summed E-state index contributed by atoms with van der Waals surface area (Å²) < 4.78 is 93.9. The van der Waals surface area contributed by atoms with Crippen molar-refractivity contribution in [3.63, 3.8) is 0 Å². The van der Waals surface area contributed by atoms with E-state index in [-0.39, 0.29) is 23.0 Å². The third kappa shape index (κ3) is 4.37. The van der Waals surface area contributed by atoms with Gasteiger partial charge in [-0.25, -0.2) is 17.6 Å². The number of benzene rings is 1. The summed E-state index contributed by atoms with van der Waals surface area (Å²) in [7, 11) is 0. The van der Waals surface area contributed by atoms with Crippen molar-refractivity contribution in [1.29, 1.82) is 0 Å². The van der Waals surface area contributed by atoms with Crippen LogP contribution in [-0.4, -0.2) is 18.4 Å². The Labute approximate surface area is 157 Å². The van der Waals surface area contributed by atoms with Gasteiger partial charge in [-0.2, -0.15) is 0 Å². The van der Waals surface area contributed by atoms with Crippen molar-refractivity contribution >= 4 is 0 Å². The Morgan fingerprint density at radius 2 is 1.92 bits per heavy atom. The summed E-state index contributed by atoms with van der Waals surface area (Å²) >= 11 is 0. The van der Waals surface area contributed by atoms with Gasteiger partial charge in [0.1, 0.15) is 12.2 Å². The monoisotopic (exact) mass is 372 g/mol. The third-order valence-corrected chi connectivity index (χ3v) is 4.97. The third-order valence-electron chi connectivity index (χ3n) is 4.97. The van der Waals surface area contributed by atoms with Gasteiger partial charge < -0.3 is 4.74 Å². The van der Waals surface area contributed by atoms with Gasteiger partial charge in [-0.15, -0.1) is 6.58 Å². The summed E-state index contributed by atoms with van der Waals surface area (Å²) in [5.74, 6) is -2.32. The molecule has 0 heterocycles. The van der Waals surface area contributed by atoms with Crippen LogP contribution in [0.5, 0.6) is 0 Å². The van der Waals surface area contributed by atoms with E-state index in [1.54, 1.807) is 0 Å². The second kappa shape index (κ2) is 8.38. The van der Waals surface area contributed by atoms with Crippen LogP contribution in [0.3, 0.4) is 0 Å². The molecule has 26 heavy (non-hydrogen) atoms. The van der Waals surface area contributed by atoms with E-state index in [0.717, 1.165) is 37.1 Å². The molecular formula is C21H24F4O. The van der Waals surface area contributed by atoms with Crippen molar-refractivity contribution in [3.05, 3.63) is 59.7 Å². The molecule has 1 nitrogen and oxygen atoms in total. The summed E-state index contributed by atoms with van der Waals surface area (Å²) in [4.78, 5) is 0. The van der Waals surface area contributed by atoms with Gasteiger partial charge in [0.15, 0.2) is 17.8 Å². The van der Waals surface area contributed by atoms with Gasteiger partial charge in [0.05, 0.1) is 10.7 Å². The van der Waals surface area contributed by atoms with Crippen LogP contribution in [-0.2, 0) is 11.3 Å². The van der Waals surface area contributed by atoms with E-state index in [9.17, 15) is 8.78 Å². The van der Waals surface area contributed by atoms with E-state index >= 15 is 8.78 Å². The van der Waals surface area contributed by atoms with Crippen LogP contribution in [0.4, 0.5) is 17.6 Å². The molecule has 4 unspecified atom stereocenters. The van der Waals surface area contributed by atoms with Crippen molar-refractivity contribution in [2.24, 2.45) is 11.8 Å². The molecule has 5 heteroatoms. The van der Waals surface area contributed by atoms with Crippen LogP contribution in [0.1, 0.15) is 43.1 Å². The van der Waals surface area contributed by atoms with Gasteiger partial charge in [-0.1, -0.05) is 23.8 Å². The highest BCUT2D eigenvalue weighted by molar-refractivity contribution is 5.20. The molecule has 142 valence electrons. The topological polar surface area (TPSA) is 9.23 Å². The van der Waals surface area contributed by atoms with Crippen LogP contribution >= 0.6 is 0 Å². The lowest BCUT2D eigenvalue weighted by atomic mass is 9.75. The molecule has 0 aliphatic heterocycles. The Morgan fingerprint density at radius 1 is 1.19 bits per heavy atom. The molecular weight excluding hydrogens is 344 g/mol. The number of ether oxygens (including phenoxy) is 1. The molecule has 1 aromatic carbocycles. The van der Waals surface area contributed by atoms with E-state index in [1.807, 2.05) is 6.08 Å². The maximum absolute atomic E-state index is 15.1. The second-order valence-electron chi connectivity index (χ2n) is 6.70. The minimum atomic E-state index is -3.91. The number of hydrogen-bond acceptors (Lipinski definition) is 1. The lowest BCUT2D eigenvalue weighted by molar-refractivity contribution is -0.0204. The zero-order chi connectivity index (χ0) is 22.3. The van der Waals surface area contributed by atoms with Gasteiger partial charge >= 0.3 is 0 Å². The molecule has 0 spiro atoms. The van der Waals surface area contributed by atoms with Crippen LogP contribution in [0, 0.1) is 23.5 Å². The first-order valence-corrected chi connectivity index (χ1v) is 8.66. The van der Waals surface area contributed by atoms with Crippen molar-refractivity contribution < 1.29 is 27.8 Å². The molecule has 0 aromatic heterocycles. The predicted molar refractivity (Wildman–Crippen MR) is 93.1 cm³/mol. The maximum Gasteiger partial charge on any atom is 0.161 e. The Bertz CT molecular complexity index is 836. The lowest BCUT2D eigenvalue weighted by Gasteiger charge is -2.34. The molecule has 0 radical (unpaired) electrons. The predicted octanol–water partition coefficient (Wildman–Crippen LogP) is 5.85. The lowest BCUT2D eigenvalue weighted by Crippen LogP contribution is -2.37. The smallest absolute Gasteiger partial charge is 0.161 e. The van der Waals surface area contributed by atoms with Gasteiger partial charge in [-0.05, 0) is 55.2 Å². The van der Waals surface area contributed by atoms with Crippen molar-refractivity contribution in [3.8, 4) is 0 Å². The summed E-state index contributed by atoms with van der Waals surface area (Å²) in [5, 5.41) is 0. The molecule has 2 aliphatic carbocycles. The average molecular weight is 372 g/mol. The Balaban J connectivity index is 1.91.